The zero-order valence-corrected chi connectivity index (χ0v) is 10.5. The number of carbonyl (C=O) groups is 3. The lowest BCUT2D eigenvalue weighted by molar-refractivity contribution is -0.216. The van der Waals surface area contributed by atoms with Gasteiger partial charge in [0.25, 0.3) is 0 Å². The van der Waals surface area contributed by atoms with E-state index >= 15 is 0 Å². The second-order valence-electron chi connectivity index (χ2n) is 3.46. The molecule has 22 heavy (non-hydrogen) atoms. The maximum atomic E-state index is 12.0. The zero-order valence-electron chi connectivity index (χ0n) is 10.5. The van der Waals surface area contributed by atoms with Gasteiger partial charge in [-0.05, 0) is 0 Å². The molecule has 0 saturated carbocycles. The molecular weight excluding hydrogens is 330 g/mol. The lowest BCUT2D eigenvalue weighted by Gasteiger charge is -2.18. The Bertz CT molecular complexity index is 440. The smallest absolute Gasteiger partial charge is 0.458 e. The first-order chi connectivity index (χ1) is 9.87. The predicted molar refractivity (Wildman–Crippen MR) is 54.1 cm³/mol. The normalized spacial score (nSPS) is 13.0. The van der Waals surface area contributed by atoms with Gasteiger partial charge in [-0.3, -0.25) is 0 Å². The molecule has 0 rings (SSSR count). The van der Waals surface area contributed by atoms with Gasteiger partial charge in [-0.15, -0.1) is 0 Å². The Balaban J connectivity index is 4.72. The average Bonchev–Trinajstić information content (AvgIpc) is 2.38. The van der Waals surface area contributed by atoms with E-state index in [0.29, 0.717) is 6.08 Å². The highest BCUT2D eigenvalue weighted by Crippen LogP contribution is 2.19. The lowest BCUT2D eigenvalue weighted by Crippen LogP contribution is -2.37. The summed E-state index contributed by atoms with van der Waals surface area (Å²) >= 11 is 0. The highest BCUT2D eigenvalue weighted by molar-refractivity contribution is 5.81. The van der Waals surface area contributed by atoms with Crippen LogP contribution in [0.1, 0.15) is 0 Å². The van der Waals surface area contributed by atoms with E-state index in [9.17, 15) is 40.7 Å². The second kappa shape index (κ2) is 7.66. The summed E-state index contributed by atoms with van der Waals surface area (Å²) < 4.78 is 83.1. The molecule has 0 radical (unpaired) electrons. The summed E-state index contributed by atoms with van der Waals surface area (Å²) in [5, 5.41) is 0. The van der Waals surface area contributed by atoms with E-state index in [1.807, 2.05) is 0 Å². The molecule has 0 aliphatic heterocycles. The third-order valence-electron chi connectivity index (χ3n) is 1.72. The van der Waals surface area contributed by atoms with Gasteiger partial charge in [-0.2, -0.15) is 26.3 Å². The van der Waals surface area contributed by atoms with Crippen LogP contribution in [0.3, 0.4) is 0 Å². The summed E-state index contributed by atoms with van der Waals surface area (Å²) in [6.45, 7) is 0.479. The van der Waals surface area contributed by atoms with Gasteiger partial charge in [0, 0.05) is 6.08 Å². The Morgan fingerprint density at radius 1 is 0.909 bits per heavy atom. The van der Waals surface area contributed by atoms with Crippen molar-refractivity contribution in [1.82, 2.24) is 0 Å². The molecule has 0 saturated heterocycles. The van der Waals surface area contributed by atoms with E-state index < -0.39 is 49.6 Å². The third kappa shape index (κ3) is 7.50. The van der Waals surface area contributed by atoms with Gasteiger partial charge in [0.05, 0.1) is 0 Å². The molecule has 1 unspecified atom stereocenters. The van der Waals surface area contributed by atoms with E-state index in [1.54, 1.807) is 0 Å². The molecule has 0 N–H and O–H groups in total. The van der Waals surface area contributed by atoms with Gasteiger partial charge in [0.2, 0.25) is 0 Å². The number of hydrogen-bond acceptors (Lipinski definition) is 6. The molecule has 0 aliphatic rings. The Morgan fingerprint density at radius 2 is 1.36 bits per heavy atom. The Morgan fingerprint density at radius 3 is 1.77 bits per heavy atom. The Labute approximate surface area is 118 Å². The van der Waals surface area contributed by atoms with Crippen LogP contribution >= 0.6 is 0 Å². The molecule has 0 fully saturated rings. The van der Waals surface area contributed by atoms with Gasteiger partial charge in [0.1, 0.15) is 13.2 Å². The summed E-state index contributed by atoms with van der Waals surface area (Å²) in [7, 11) is 0. The first-order valence-corrected chi connectivity index (χ1v) is 5.19. The fraction of sp³-hybridized carbons (Fsp3) is 0.500. The Hall–Kier alpha value is -2.27. The van der Waals surface area contributed by atoms with Crippen LogP contribution in [-0.2, 0) is 28.6 Å². The molecule has 0 amide bonds. The third-order valence-corrected chi connectivity index (χ3v) is 1.72. The van der Waals surface area contributed by atoms with Crippen LogP contribution in [0.4, 0.5) is 26.3 Å². The van der Waals surface area contributed by atoms with Crippen LogP contribution in [0, 0.1) is 0 Å². The molecule has 0 aromatic heterocycles. The van der Waals surface area contributed by atoms with E-state index in [0.717, 1.165) is 0 Å². The highest BCUT2D eigenvalue weighted by Gasteiger charge is 2.44. The standard InChI is InChI=1S/C10H8F6O6/c1-2-6(17)20-3-5(22-8(19)10(14,15)16)4-21-7(18)9(11,12)13/h2,5H,1,3-4H2. The van der Waals surface area contributed by atoms with E-state index in [1.165, 1.54) is 0 Å². The van der Waals surface area contributed by atoms with Crippen LogP contribution in [0.2, 0.25) is 0 Å². The van der Waals surface area contributed by atoms with Gasteiger partial charge in [0.15, 0.2) is 6.10 Å². The van der Waals surface area contributed by atoms with Crippen LogP contribution in [0.5, 0.6) is 0 Å². The van der Waals surface area contributed by atoms with Crippen LogP contribution in [0.25, 0.3) is 0 Å². The summed E-state index contributed by atoms with van der Waals surface area (Å²) in [6.07, 6.45) is -12.3. The maximum absolute atomic E-state index is 12.0. The molecule has 126 valence electrons. The van der Waals surface area contributed by atoms with Gasteiger partial charge >= 0.3 is 30.3 Å². The first kappa shape index (κ1) is 19.7. The van der Waals surface area contributed by atoms with E-state index in [2.05, 4.69) is 20.8 Å². The molecule has 1 atom stereocenters. The van der Waals surface area contributed by atoms with E-state index in [4.69, 9.17) is 0 Å². The van der Waals surface area contributed by atoms with Gasteiger partial charge in [-0.1, -0.05) is 6.58 Å². The number of carbonyl (C=O) groups excluding carboxylic acids is 3. The van der Waals surface area contributed by atoms with Crippen molar-refractivity contribution in [3.8, 4) is 0 Å². The number of halogens is 6. The van der Waals surface area contributed by atoms with Crippen LogP contribution in [0.15, 0.2) is 12.7 Å². The molecule has 12 heteroatoms. The van der Waals surface area contributed by atoms with E-state index in [-0.39, 0.29) is 0 Å². The number of alkyl halides is 6. The molecule has 0 heterocycles. The molecular formula is C10H8F6O6. The van der Waals surface area contributed by atoms with Gasteiger partial charge in [-0.25, -0.2) is 14.4 Å². The topological polar surface area (TPSA) is 78.9 Å². The van der Waals surface area contributed by atoms with Crippen molar-refractivity contribution < 1.29 is 54.9 Å². The maximum Gasteiger partial charge on any atom is 0.490 e. The van der Waals surface area contributed by atoms with Crippen molar-refractivity contribution in [3.05, 3.63) is 12.7 Å². The minimum Gasteiger partial charge on any atom is -0.458 e. The van der Waals surface area contributed by atoms with Crippen molar-refractivity contribution in [3.63, 3.8) is 0 Å². The highest BCUT2D eigenvalue weighted by atomic mass is 19.4. The molecule has 0 bridgehead atoms. The van der Waals surface area contributed by atoms with Gasteiger partial charge < -0.3 is 14.2 Å². The molecule has 0 aromatic rings. The number of hydrogen-bond donors (Lipinski definition) is 0. The largest absolute Gasteiger partial charge is 0.490 e. The summed E-state index contributed by atoms with van der Waals surface area (Å²) in [4.78, 5) is 31.7. The second-order valence-corrected chi connectivity index (χ2v) is 3.46. The van der Waals surface area contributed by atoms with Crippen LogP contribution in [-0.4, -0.2) is 49.6 Å². The van der Waals surface area contributed by atoms with Crippen LogP contribution < -0.4 is 0 Å². The molecule has 6 nitrogen and oxygen atoms in total. The SMILES string of the molecule is C=CC(=O)OCC(COC(=O)C(F)(F)F)OC(=O)C(F)(F)F. The fourth-order valence-corrected chi connectivity index (χ4v) is 0.819. The zero-order chi connectivity index (χ0) is 17.6. The summed E-state index contributed by atoms with van der Waals surface area (Å²) in [6, 6.07) is 0. The minimum absolute atomic E-state index is 0.602. The van der Waals surface area contributed by atoms with Crippen molar-refractivity contribution >= 4 is 17.9 Å². The number of esters is 3. The summed E-state index contributed by atoms with van der Waals surface area (Å²) in [5.74, 6) is -6.61. The average molecular weight is 338 g/mol. The van der Waals surface area contributed by atoms with Crippen molar-refractivity contribution in [2.45, 2.75) is 18.5 Å². The molecule has 0 spiro atoms. The van der Waals surface area contributed by atoms with Crippen molar-refractivity contribution in [1.29, 1.82) is 0 Å². The first-order valence-electron chi connectivity index (χ1n) is 5.19. The molecule has 0 aliphatic carbocycles. The monoisotopic (exact) mass is 338 g/mol. The lowest BCUT2D eigenvalue weighted by atomic mass is 10.4. The minimum atomic E-state index is -5.44. The Kier molecular flexibility index (Phi) is 6.87. The summed E-state index contributed by atoms with van der Waals surface area (Å²) in [5.41, 5.74) is 0. The molecule has 0 aromatic carbocycles. The number of ether oxygens (including phenoxy) is 3. The number of rotatable bonds is 6. The fourth-order valence-electron chi connectivity index (χ4n) is 0.819. The quantitative estimate of drug-likeness (QED) is 0.314. The van der Waals surface area contributed by atoms with Crippen molar-refractivity contribution in [2.75, 3.05) is 13.2 Å². The predicted octanol–water partition coefficient (Wildman–Crippen LogP) is 1.30. The van der Waals surface area contributed by atoms with Crippen molar-refractivity contribution in [2.24, 2.45) is 0 Å².